The van der Waals surface area contributed by atoms with Crippen LogP contribution in [-0.4, -0.2) is 31.8 Å². The first-order chi connectivity index (χ1) is 5.97. The van der Waals surface area contributed by atoms with Crippen LogP contribution in [0.2, 0.25) is 0 Å². The average Bonchev–Trinajstić information content (AvgIpc) is 2.02. The van der Waals surface area contributed by atoms with E-state index in [4.69, 9.17) is 16.0 Å². The van der Waals surface area contributed by atoms with Crippen molar-refractivity contribution in [3.63, 3.8) is 0 Å². The van der Waals surface area contributed by atoms with Gasteiger partial charge in [-0.15, -0.1) is 0 Å². The molecule has 0 saturated heterocycles. The molecule has 0 aromatic carbocycles. The molecule has 0 heterocycles. The molecule has 0 radical (unpaired) electrons. The molecule has 0 amide bonds. The number of hydrogen-bond acceptors (Lipinski definition) is 4. The molecule has 0 bridgehead atoms. The fraction of sp³-hybridized carbons (Fsp3) is 1.00. The number of rotatable bonds is 5. The van der Waals surface area contributed by atoms with E-state index in [2.05, 4.69) is 0 Å². The van der Waals surface area contributed by atoms with E-state index in [0.717, 1.165) is 25.9 Å². The van der Waals surface area contributed by atoms with Crippen LogP contribution in [0.3, 0.4) is 0 Å². The Bertz CT molecular complexity index is 178. The third kappa shape index (κ3) is 24.5. The lowest BCUT2D eigenvalue weighted by molar-refractivity contribution is 0.480. The molecular formula is C7H20N2O3S. The van der Waals surface area contributed by atoms with Crippen molar-refractivity contribution in [2.75, 3.05) is 18.8 Å². The van der Waals surface area contributed by atoms with Gasteiger partial charge in [0.25, 0.3) is 10.1 Å². The van der Waals surface area contributed by atoms with Crippen LogP contribution in [0, 0.1) is 0 Å². The maximum absolute atomic E-state index is 9.95. The molecule has 0 aliphatic rings. The fourth-order valence-electron chi connectivity index (χ4n) is 0.445. The third-order valence-electron chi connectivity index (χ3n) is 1.16. The number of hydrogen-bond donors (Lipinski definition) is 3. The zero-order chi connectivity index (χ0) is 10.7. The third-order valence-corrected chi connectivity index (χ3v) is 1.97. The quantitative estimate of drug-likeness (QED) is 0.555. The van der Waals surface area contributed by atoms with E-state index < -0.39 is 10.1 Å². The Hall–Kier alpha value is -0.170. The van der Waals surface area contributed by atoms with Crippen molar-refractivity contribution in [1.82, 2.24) is 0 Å². The van der Waals surface area contributed by atoms with Gasteiger partial charge >= 0.3 is 0 Å². The summed E-state index contributed by atoms with van der Waals surface area (Å²) in [6.07, 6.45) is 2.28. The van der Waals surface area contributed by atoms with Gasteiger partial charge in [0.1, 0.15) is 0 Å². The van der Waals surface area contributed by atoms with Crippen molar-refractivity contribution in [3.8, 4) is 0 Å². The Morgan fingerprint density at radius 3 is 1.69 bits per heavy atom. The van der Waals surface area contributed by atoms with E-state index in [1.54, 1.807) is 0 Å². The van der Waals surface area contributed by atoms with E-state index >= 15 is 0 Å². The lowest BCUT2D eigenvalue weighted by Crippen LogP contribution is -2.06. The van der Waals surface area contributed by atoms with E-state index in [-0.39, 0.29) is 5.75 Å². The molecule has 0 unspecified atom stereocenters. The van der Waals surface area contributed by atoms with Gasteiger partial charge in [0.05, 0.1) is 5.75 Å². The summed E-state index contributed by atoms with van der Waals surface area (Å²) in [6, 6.07) is 0. The molecule has 82 valence electrons. The molecule has 0 aliphatic heterocycles. The molecule has 0 spiro atoms. The van der Waals surface area contributed by atoms with Crippen LogP contribution < -0.4 is 11.5 Å². The number of nitrogens with two attached hydrogens (primary N) is 2. The zero-order valence-corrected chi connectivity index (χ0v) is 8.89. The van der Waals surface area contributed by atoms with Crippen LogP contribution in [0.1, 0.15) is 26.2 Å². The average molecular weight is 212 g/mol. The van der Waals surface area contributed by atoms with Gasteiger partial charge in [-0.3, -0.25) is 4.55 Å². The molecule has 0 aromatic rings. The van der Waals surface area contributed by atoms with Crippen LogP contribution in [-0.2, 0) is 10.1 Å². The van der Waals surface area contributed by atoms with Gasteiger partial charge in [-0.25, -0.2) is 0 Å². The molecule has 5 nitrogen and oxygen atoms in total. The lowest BCUT2D eigenvalue weighted by Gasteiger charge is -1.90. The monoisotopic (exact) mass is 212 g/mol. The molecule has 5 N–H and O–H groups in total. The van der Waals surface area contributed by atoms with Crippen molar-refractivity contribution >= 4 is 10.1 Å². The van der Waals surface area contributed by atoms with Crippen molar-refractivity contribution in [3.05, 3.63) is 0 Å². The normalized spacial score (nSPS) is 10.5. The summed E-state index contributed by atoms with van der Waals surface area (Å²) in [7, 11) is -3.69. The van der Waals surface area contributed by atoms with Crippen LogP contribution >= 0.6 is 0 Å². The highest BCUT2D eigenvalue weighted by molar-refractivity contribution is 7.85. The first-order valence-corrected chi connectivity index (χ1v) is 5.94. The fourth-order valence-corrected chi connectivity index (χ4v) is 1.10. The van der Waals surface area contributed by atoms with E-state index in [1.807, 2.05) is 6.92 Å². The minimum atomic E-state index is -3.69. The van der Waals surface area contributed by atoms with Crippen LogP contribution in [0.4, 0.5) is 0 Å². The predicted molar refractivity (Wildman–Crippen MR) is 54.0 cm³/mol. The summed E-state index contributed by atoms with van der Waals surface area (Å²) in [5.41, 5.74) is 10.1. The standard InChI is InChI=1S/C4H10O3S.C3H10N2/c1-2-3-4-8(5,6)7;4-2-1-3-5/h2-4H2,1H3,(H,5,6,7);1-5H2. The summed E-state index contributed by atoms with van der Waals surface area (Å²) in [5, 5.41) is 0. The van der Waals surface area contributed by atoms with E-state index in [9.17, 15) is 8.42 Å². The van der Waals surface area contributed by atoms with E-state index in [0.29, 0.717) is 6.42 Å². The first kappa shape index (κ1) is 15.3. The lowest BCUT2D eigenvalue weighted by atomic mass is 10.4. The van der Waals surface area contributed by atoms with Gasteiger partial charge in [-0.2, -0.15) is 8.42 Å². The molecule has 6 heteroatoms. The predicted octanol–water partition coefficient (Wildman–Crippen LogP) is -0.0318. The maximum atomic E-state index is 9.95. The van der Waals surface area contributed by atoms with Crippen molar-refractivity contribution in [1.29, 1.82) is 0 Å². The summed E-state index contributed by atoms with van der Waals surface area (Å²) in [4.78, 5) is 0. The zero-order valence-electron chi connectivity index (χ0n) is 8.07. The van der Waals surface area contributed by atoms with Gasteiger partial charge < -0.3 is 11.5 Å². The van der Waals surface area contributed by atoms with Crippen LogP contribution in [0.25, 0.3) is 0 Å². The minimum Gasteiger partial charge on any atom is -0.330 e. The van der Waals surface area contributed by atoms with Gasteiger partial charge in [0.15, 0.2) is 0 Å². The molecular weight excluding hydrogens is 192 g/mol. The van der Waals surface area contributed by atoms with Crippen LogP contribution in [0.15, 0.2) is 0 Å². The first-order valence-electron chi connectivity index (χ1n) is 4.33. The molecule has 0 fully saturated rings. The Balaban J connectivity index is 0. The smallest absolute Gasteiger partial charge is 0.264 e. The topological polar surface area (TPSA) is 106 Å². The SMILES string of the molecule is CCCCS(=O)(=O)O.NCCCN. The second-order valence-electron chi connectivity index (χ2n) is 2.57. The summed E-state index contributed by atoms with van der Waals surface area (Å²) in [6.45, 7) is 3.30. The molecule has 0 aromatic heterocycles. The highest BCUT2D eigenvalue weighted by Crippen LogP contribution is 1.90. The van der Waals surface area contributed by atoms with Gasteiger partial charge in [0, 0.05) is 0 Å². The summed E-state index contributed by atoms with van der Waals surface area (Å²) in [5.74, 6) is -0.108. The molecule has 0 rings (SSSR count). The largest absolute Gasteiger partial charge is 0.330 e. The summed E-state index contributed by atoms with van der Waals surface area (Å²) >= 11 is 0. The molecule has 0 saturated carbocycles. The Morgan fingerprint density at radius 1 is 1.15 bits per heavy atom. The van der Waals surface area contributed by atoms with Crippen molar-refractivity contribution < 1.29 is 13.0 Å². The Kier molecular flexibility index (Phi) is 11.7. The van der Waals surface area contributed by atoms with Crippen molar-refractivity contribution in [2.45, 2.75) is 26.2 Å². The highest BCUT2D eigenvalue weighted by Gasteiger charge is 2.00. The van der Waals surface area contributed by atoms with Crippen LogP contribution in [0.5, 0.6) is 0 Å². The number of unbranched alkanes of at least 4 members (excludes halogenated alkanes) is 1. The van der Waals surface area contributed by atoms with Gasteiger partial charge in [0.2, 0.25) is 0 Å². The maximum Gasteiger partial charge on any atom is 0.264 e. The van der Waals surface area contributed by atoms with Gasteiger partial charge in [-0.05, 0) is 25.9 Å². The van der Waals surface area contributed by atoms with E-state index in [1.165, 1.54) is 0 Å². The molecule has 0 aliphatic carbocycles. The highest BCUT2D eigenvalue weighted by atomic mass is 32.2. The Labute approximate surface area is 80.2 Å². The second-order valence-corrected chi connectivity index (χ2v) is 4.14. The molecule has 13 heavy (non-hydrogen) atoms. The molecule has 0 atom stereocenters. The second kappa shape index (κ2) is 9.91. The minimum absolute atomic E-state index is 0.108. The van der Waals surface area contributed by atoms with Gasteiger partial charge in [-0.1, -0.05) is 13.3 Å². The van der Waals surface area contributed by atoms with Crippen molar-refractivity contribution in [2.24, 2.45) is 11.5 Å². The Morgan fingerprint density at radius 2 is 1.62 bits per heavy atom. The summed E-state index contributed by atoms with van der Waals surface area (Å²) < 4.78 is 28.0.